The first-order valence-corrected chi connectivity index (χ1v) is 12.4. The number of H-pyrrole nitrogens is 2. The summed E-state index contributed by atoms with van der Waals surface area (Å²) in [6, 6.07) is 10.6. The van der Waals surface area contributed by atoms with Crippen molar-refractivity contribution >= 4 is 21.8 Å². The van der Waals surface area contributed by atoms with Gasteiger partial charge < -0.3 is 19.4 Å². The number of nitrogens with zero attached hydrogens (tertiary/aromatic N) is 5. The van der Waals surface area contributed by atoms with Gasteiger partial charge in [0.1, 0.15) is 29.6 Å². The van der Waals surface area contributed by atoms with Crippen molar-refractivity contribution in [3.63, 3.8) is 0 Å². The van der Waals surface area contributed by atoms with Crippen molar-refractivity contribution in [3.8, 4) is 45.3 Å². The van der Waals surface area contributed by atoms with Crippen molar-refractivity contribution in [2.75, 3.05) is 34.4 Å². The quantitative estimate of drug-likeness (QED) is 0.278. The highest BCUT2D eigenvalue weighted by molar-refractivity contribution is 6.01. The van der Waals surface area contributed by atoms with Crippen LogP contribution < -0.4 is 9.47 Å². The lowest BCUT2D eigenvalue weighted by Gasteiger charge is -2.12. The Labute approximate surface area is 223 Å². The third-order valence-corrected chi connectivity index (χ3v) is 6.48. The highest BCUT2D eigenvalue weighted by atomic mass is 19.1. The minimum absolute atomic E-state index is 0.370. The first kappa shape index (κ1) is 24.5. The number of methoxy groups -OCH3 is 1. The van der Waals surface area contributed by atoms with Crippen LogP contribution in [0.1, 0.15) is 0 Å². The van der Waals surface area contributed by atoms with E-state index < -0.39 is 0 Å². The summed E-state index contributed by atoms with van der Waals surface area (Å²) in [4.78, 5) is 18.7. The zero-order valence-electron chi connectivity index (χ0n) is 21.7. The van der Waals surface area contributed by atoms with Crippen molar-refractivity contribution < 1.29 is 13.9 Å². The Bertz CT molecular complexity index is 1790. The number of likely N-dealkylation sites (N-methyl/N-ethyl adjacent to an activating group) is 1. The molecule has 6 rings (SSSR count). The highest BCUT2D eigenvalue weighted by Crippen LogP contribution is 2.35. The molecule has 2 N–H and O–H groups in total. The summed E-state index contributed by atoms with van der Waals surface area (Å²) >= 11 is 0. The summed E-state index contributed by atoms with van der Waals surface area (Å²) in [6.07, 6.45) is 8.63. The van der Waals surface area contributed by atoms with E-state index in [1.807, 2.05) is 43.3 Å². The van der Waals surface area contributed by atoms with Crippen molar-refractivity contribution in [2.45, 2.75) is 0 Å². The smallest absolute Gasteiger partial charge is 0.137 e. The summed E-state index contributed by atoms with van der Waals surface area (Å²) in [7, 11) is 5.53. The van der Waals surface area contributed by atoms with Crippen LogP contribution in [0.5, 0.6) is 11.5 Å². The molecule has 0 bridgehead atoms. The predicted octanol–water partition coefficient (Wildman–Crippen LogP) is 5.32. The van der Waals surface area contributed by atoms with Crippen molar-refractivity contribution in [3.05, 3.63) is 73.2 Å². The fourth-order valence-corrected chi connectivity index (χ4v) is 4.51. The van der Waals surface area contributed by atoms with Gasteiger partial charge in [-0.1, -0.05) is 0 Å². The standard InChI is InChI=1S/C29H26FN7O2/c1-37(2)4-5-39-20-7-17(6-19(30)9-20)24-14-32-15-27-22(24)10-26(34-27)29-23-11-25(33-16-28(23)35-36-29)18-8-21(38-3)13-31-12-18/h6-16,34H,4-5H2,1-3H3,(H,35,36). The van der Waals surface area contributed by atoms with Gasteiger partial charge in [-0.3, -0.25) is 20.1 Å². The SMILES string of the molecule is COc1cncc(-c2cc3c(-c4cc5c(-c6cc(F)cc(OCCN(C)C)c6)cncc5[nH]4)n[nH]c3cn2)c1. The Morgan fingerprint density at radius 2 is 1.69 bits per heavy atom. The molecule has 5 heterocycles. The molecule has 6 aromatic rings. The number of hydrogen-bond acceptors (Lipinski definition) is 7. The average molecular weight is 524 g/mol. The van der Waals surface area contributed by atoms with Crippen LogP contribution in [0.2, 0.25) is 0 Å². The number of nitrogens with one attached hydrogen (secondary N) is 2. The Morgan fingerprint density at radius 1 is 0.846 bits per heavy atom. The second kappa shape index (κ2) is 10.1. The topological polar surface area (TPSA) is 105 Å². The van der Waals surface area contributed by atoms with Gasteiger partial charge in [0.15, 0.2) is 0 Å². The molecular formula is C29H26FN7O2. The zero-order valence-corrected chi connectivity index (χ0v) is 21.7. The van der Waals surface area contributed by atoms with E-state index in [4.69, 9.17) is 9.47 Å². The zero-order chi connectivity index (χ0) is 26.9. The van der Waals surface area contributed by atoms with E-state index in [-0.39, 0.29) is 5.82 Å². The molecule has 0 aliphatic carbocycles. The van der Waals surface area contributed by atoms with E-state index in [1.165, 1.54) is 12.1 Å². The third kappa shape index (κ3) is 4.89. The van der Waals surface area contributed by atoms with Crippen molar-refractivity contribution in [2.24, 2.45) is 0 Å². The maximum absolute atomic E-state index is 14.6. The van der Waals surface area contributed by atoms with Gasteiger partial charge in [0.25, 0.3) is 0 Å². The number of fused-ring (bicyclic) bond motifs is 2. The van der Waals surface area contributed by atoms with Crippen LogP contribution in [0, 0.1) is 5.82 Å². The van der Waals surface area contributed by atoms with Crippen LogP contribution in [0.25, 0.3) is 55.6 Å². The van der Waals surface area contributed by atoms with Crippen LogP contribution in [0.15, 0.2) is 67.4 Å². The van der Waals surface area contributed by atoms with E-state index >= 15 is 0 Å². The summed E-state index contributed by atoms with van der Waals surface area (Å²) in [5.74, 6) is 0.761. The summed E-state index contributed by atoms with van der Waals surface area (Å²) in [5, 5.41) is 9.42. The second-order valence-electron chi connectivity index (χ2n) is 9.46. The second-order valence-corrected chi connectivity index (χ2v) is 9.46. The first-order chi connectivity index (χ1) is 19.0. The number of benzene rings is 1. The van der Waals surface area contributed by atoms with Gasteiger partial charge >= 0.3 is 0 Å². The highest BCUT2D eigenvalue weighted by Gasteiger charge is 2.16. The van der Waals surface area contributed by atoms with Crippen LogP contribution in [-0.4, -0.2) is 69.4 Å². The fourth-order valence-electron chi connectivity index (χ4n) is 4.51. The van der Waals surface area contributed by atoms with E-state index in [0.717, 1.165) is 56.6 Å². The molecular weight excluding hydrogens is 497 g/mol. The Balaban J connectivity index is 1.40. The maximum Gasteiger partial charge on any atom is 0.137 e. The van der Waals surface area contributed by atoms with Crippen LogP contribution >= 0.6 is 0 Å². The van der Waals surface area contributed by atoms with Gasteiger partial charge in [0.2, 0.25) is 0 Å². The van der Waals surface area contributed by atoms with Gasteiger partial charge in [0, 0.05) is 46.9 Å². The number of aromatic amines is 2. The number of aromatic nitrogens is 6. The first-order valence-electron chi connectivity index (χ1n) is 12.4. The molecule has 9 nitrogen and oxygen atoms in total. The van der Waals surface area contributed by atoms with Crippen LogP contribution in [-0.2, 0) is 0 Å². The summed E-state index contributed by atoms with van der Waals surface area (Å²) < 4.78 is 25.7. The lowest BCUT2D eigenvalue weighted by Crippen LogP contribution is -2.19. The fraction of sp³-hybridized carbons (Fsp3) is 0.172. The van der Waals surface area contributed by atoms with Crippen LogP contribution in [0.3, 0.4) is 0 Å². The van der Waals surface area contributed by atoms with Gasteiger partial charge in [-0.25, -0.2) is 4.39 Å². The molecule has 0 spiro atoms. The van der Waals surface area contributed by atoms with E-state index in [2.05, 4.69) is 30.1 Å². The molecule has 0 fully saturated rings. The molecule has 0 unspecified atom stereocenters. The number of hydrogen-bond donors (Lipinski definition) is 2. The van der Waals surface area contributed by atoms with E-state index in [9.17, 15) is 4.39 Å². The Kier molecular flexibility index (Phi) is 6.37. The van der Waals surface area contributed by atoms with Crippen molar-refractivity contribution in [1.82, 2.24) is 35.0 Å². The average Bonchev–Trinajstić information content (AvgIpc) is 3.56. The number of halogens is 1. The normalized spacial score (nSPS) is 11.5. The number of rotatable bonds is 8. The molecule has 0 radical (unpaired) electrons. The number of ether oxygens (including phenoxy) is 2. The minimum atomic E-state index is -0.370. The molecule has 0 amide bonds. The Hall–Kier alpha value is -4.83. The molecule has 1 aromatic carbocycles. The van der Waals surface area contributed by atoms with E-state index in [0.29, 0.717) is 23.7 Å². The molecule has 5 aromatic heterocycles. The van der Waals surface area contributed by atoms with Gasteiger partial charge in [-0.05, 0) is 50.0 Å². The predicted molar refractivity (Wildman–Crippen MR) is 148 cm³/mol. The molecule has 0 saturated heterocycles. The summed E-state index contributed by atoms with van der Waals surface area (Å²) in [5.41, 5.74) is 6.19. The largest absolute Gasteiger partial charge is 0.495 e. The molecule has 196 valence electrons. The summed E-state index contributed by atoms with van der Waals surface area (Å²) in [6.45, 7) is 1.19. The lowest BCUT2D eigenvalue weighted by atomic mass is 10.0. The molecule has 0 atom stereocenters. The van der Waals surface area contributed by atoms with Gasteiger partial charge in [-0.2, -0.15) is 5.10 Å². The van der Waals surface area contributed by atoms with Gasteiger partial charge in [-0.15, -0.1) is 0 Å². The maximum atomic E-state index is 14.6. The third-order valence-electron chi connectivity index (χ3n) is 6.48. The van der Waals surface area contributed by atoms with Gasteiger partial charge in [0.05, 0.1) is 48.1 Å². The monoisotopic (exact) mass is 523 g/mol. The van der Waals surface area contributed by atoms with Crippen LogP contribution in [0.4, 0.5) is 4.39 Å². The molecule has 39 heavy (non-hydrogen) atoms. The molecule has 0 aliphatic rings. The Morgan fingerprint density at radius 3 is 2.54 bits per heavy atom. The molecule has 10 heteroatoms. The number of pyridine rings is 3. The van der Waals surface area contributed by atoms with Crippen molar-refractivity contribution in [1.29, 1.82) is 0 Å². The molecule has 0 aliphatic heterocycles. The molecule has 0 saturated carbocycles. The van der Waals surface area contributed by atoms with E-state index in [1.54, 1.807) is 38.1 Å². The lowest BCUT2D eigenvalue weighted by molar-refractivity contribution is 0.260. The minimum Gasteiger partial charge on any atom is -0.495 e.